The number of esters is 1. The van der Waals surface area contributed by atoms with Gasteiger partial charge in [-0.25, -0.2) is 4.39 Å². The van der Waals surface area contributed by atoms with Crippen molar-refractivity contribution in [2.75, 3.05) is 19.0 Å². The van der Waals surface area contributed by atoms with Gasteiger partial charge < -0.3 is 14.8 Å². The number of ether oxygens (including phenoxy) is 2. The molecule has 0 spiro atoms. The van der Waals surface area contributed by atoms with E-state index in [0.29, 0.717) is 16.8 Å². The molecular weight excluding hydrogens is 353 g/mol. The summed E-state index contributed by atoms with van der Waals surface area (Å²) < 4.78 is 24.8. The van der Waals surface area contributed by atoms with Crippen LogP contribution in [-0.4, -0.2) is 19.6 Å². The summed E-state index contributed by atoms with van der Waals surface area (Å²) in [5, 5.41) is 2.70. The number of halogens is 2. The molecule has 0 aliphatic carbocycles. The maximum atomic E-state index is 14.1. The Kier molecular flexibility index (Phi) is 5.77. The van der Waals surface area contributed by atoms with Gasteiger partial charge in [0.15, 0.2) is 5.82 Å². The average Bonchev–Trinajstić information content (AvgIpc) is 2.52. The maximum absolute atomic E-state index is 14.1. The van der Waals surface area contributed by atoms with Crippen LogP contribution in [0.3, 0.4) is 0 Å². The highest BCUT2D eigenvalue weighted by atomic mass is 79.9. The van der Waals surface area contributed by atoms with Crippen LogP contribution in [-0.2, 0) is 16.1 Å². The van der Waals surface area contributed by atoms with Gasteiger partial charge >= 0.3 is 5.97 Å². The molecule has 0 bridgehead atoms. The highest BCUT2D eigenvalue weighted by Gasteiger charge is 2.13. The minimum atomic E-state index is -0.513. The zero-order valence-corrected chi connectivity index (χ0v) is 13.5. The lowest BCUT2D eigenvalue weighted by molar-refractivity contribution is -0.138. The van der Waals surface area contributed by atoms with E-state index in [1.165, 1.54) is 13.2 Å². The fourth-order valence-corrected chi connectivity index (χ4v) is 2.21. The molecule has 0 aliphatic rings. The number of methoxy groups -OCH3 is 1. The molecule has 0 aliphatic heterocycles. The van der Waals surface area contributed by atoms with Crippen LogP contribution in [0.4, 0.5) is 10.1 Å². The van der Waals surface area contributed by atoms with E-state index in [2.05, 4.69) is 26.0 Å². The van der Waals surface area contributed by atoms with E-state index in [1.807, 2.05) is 30.3 Å². The lowest BCUT2D eigenvalue weighted by Gasteiger charge is -2.14. The smallest absolute Gasteiger partial charge is 0.325 e. The zero-order chi connectivity index (χ0) is 15.9. The molecule has 0 heterocycles. The Labute approximate surface area is 136 Å². The number of hydrogen-bond acceptors (Lipinski definition) is 4. The van der Waals surface area contributed by atoms with Crippen LogP contribution in [0, 0.1) is 5.82 Å². The average molecular weight is 368 g/mol. The van der Waals surface area contributed by atoms with E-state index >= 15 is 0 Å². The third-order valence-electron chi connectivity index (χ3n) is 2.89. The summed E-state index contributed by atoms with van der Waals surface area (Å²) in [4.78, 5) is 11.2. The van der Waals surface area contributed by atoms with Crippen LogP contribution in [0.15, 0.2) is 46.9 Å². The van der Waals surface area contributed by atoms with Crippen molar-refractivity contribution in [2.45, 2.75) is 6.61 Å². The monoisotopic (exact) mass is 367 g/mol. The Bertz CT molecular complexity index is 649. The molecule has 22 heavy (non-hydrogen) atoms. The van der Waals surface area contributed by atoms with E-state index in [1.54, 1.807) is 6.07 Å². The molecule has 0 radical (unpaired) electrons. The van der Waals surface area contributed by atoms with E-state index in [0.717, 1.165) is 5.56 Å². The van der Waals surface area contributed by atoms with Gasteiger partial charge in [-0.3, -0.25) is 4.79 Å². The molecule has 0 fully saturated rings. The summed E-state index contributed by atoms with van der Waals surface area (Å²) >= 11 is 3.23. The van der Waals surface area contributed by atoms with Crippen LogP contribution in [0.1, 0.15) is 5.56 Å². The second kappa shape index (κ2) is 7.79. The van der Waals surface area contributed by atoms with Crippen molar-refractivity contribution < 1.29 is 18.7 Å². The Balaban J connectivity index is 2.15. The number of nitrogens with one attached hydrogen (secondary N) is 1. The minimum absolute atomic E-state index is 0.129. The fraction of sp³-hybridized carbons (Fsp3) is 0.188. The maximum Gasteiger partial charge on any atom is 0.325 e. The standard InChI is InChI=1S/C16H15BrFNO3/c1-21-15(20)9-19-16-13(18)7-12(17)8-14(16)22-10-11-5-3-2-4-6-11/h2-8,19H,9-10H2,1H3. The SMILES string of the molecule is COC(=O)CNc1c(F)cc(Br)cc1OCc1ccccc1. The normalized spacial score (nSPS) is 10.1. The fourth-order valence-electron chi connectivity index (χ4n) is 1.80. The van der Waals surface area contributed by atoms with Crippen LogP contribution >= 0.6 is 15.9 Å². The van der Waals surface area contributed by atoms with E-state index in [9.17, 15) is 9.18 Å². The Morgan fingerprint density at radius 3 is 2.68 bits per heavy atom. The highest BCUT2D eigenvalue weighted by Crippen LogP contribution is 2.32. The lowest BCUT2D eigenvalue weighted by atomic mass is 10.2. The van der Waals surface area contributed by atoms with Crippen molar-refractivity contribution in [1.82, 2.24) is 0 Å². The van der Waals surface area contributed by atoms with Crippen LogP contribution in [0.25, 0.3) is 0 Å². The minimum Gasteiger partial charge on any atom is -0.487 e. The van der Waals surface area contributed by atoms with Crippen LogP contribution < -0.4 is 10.1 Å². The Morgan fingerprint density at radius 2 is 2.00 bits per heavy atom. The summed E-state index contributed by atoms with van der Waals surface area (Å²) in [6.07, 6.45) is 0. The van der Waals surface area contributed by atoms with E-state index in [-0.39, 0.29) is 12.2 Å². The topological polar surface area (TPSA) is 47.6 Å². The van der Waals surface area contributed by atoms with Gasteiger partial charge in [0.1, 0.15) is 24.6 Å². The number of rotatable bonds is 6. The Hall–Kier alpha value is -2.08. The van der Waals surface area contributed by atoms with E-state index < -0.39 is 11.8 Å². The number of carbonyl (C=O) groups is 1. The Morgan fingerprint density at radius 1 is 1.27 bits per heavy atom. The molecule has 6 heteroatoms. The second-order valence-corrected chi connectivity index (χ2v) is 5.38. The molecule has 0 unspecified atom stereocenters. The molecule has 1 N–H and O–H groups in total. The molecule has 4 nitrogen and oxygen atoms in total. The van der Waals surface area contributed by atoms with Gasteiger partial charge in [0.2, 0.25) is 0 Å². The van der Waals surface area contributed by atoms with Gasteiger partial charge in [0.05, 0.1) is 7.11 Å². The first-order valence-electron chi connectivity index (χ1n) is 6.56. The van der Waals surface area contributed by atoms with Crippen molar-refractivity contribution in [1.29, 1.82) is 0 Å². The second-order valence-electron chi connectivity index (χ2n) is 4.46. The largest absolute Gasteiger partial charge is 0.487 e. The molecule has 2 rings (SSSR count). The first kappa shape index (κ1) is 16.3. The van der Waals surface area contributed by atoms with Crippen molar-refractivity contribution in [3.05, 3.63) is 58.3 Å². The van der Waals surface area contributed by atoms with Crippen molar-refractivity contribution in [3.63, 3.8) is 0 Å². The first-order chi connectivity index (χ1) is 10.6. The third kappa shape index (κ3) is 4.46. The van der Waals surface area contributed by atoms with Gasteiger partial charge in [0.25, 0.3) is 0 Å². The molecular formula is C16H15BrFNO3. The van der Waals surface area contributed by atoms with Crippen LogP contribution in [0.5, 0.6) is 5.75 Å². The number of benzene rings is 2. The zero-order valence-electron chi connectivity index (χ0n) is 11.9. The van der Waals surface area contributed by atoms with Crippen LogP contribution in [0.2, 0.25) is 0 Å². The third-order valence-corrected chi connectivity index (χ3v) is 3.35. The summed E-state index contributed by atoms with van der Waals surface area (Å²) in [6.45, 7) is 0.153. The molecule has 0 saturated heterocycles. The predicted molar refractivity (Wildman–Crippen MR) is 85.4 cm³/mol. The first-order valence-corrected chi connectivity index (χ1v) is 7.36. The molecule has 0 aromatic heterocycles. The molecule has 0 amide bonds. The molecule has 2 aromatic carbocycles. The van der Waals surface area contributed by atoms with Gasteiger partial charge in [-0.05, 0) is 17.7 Å². The van der Waals surface area contributed by atoms with E-state index in [4.69, 9.17) is 4.74 Å². The summed E-state index contributed by atoms with van der Waals surface area (Å²) in [7, 11) is 1.27. The summed E-state index contributed by atoms with van der Waals surface area (Å²) in [5.41, 5.74) is 1.09. The molecule has 0 atom stereocenters. The lowest BCUT2D eigenvalue weighted by Crippen LogP contribution is -2.16. The van der Waals surface area contributed by atoms with Crippen molar-refractivity contribution in [3.8, 4) is 5.75 Å². The molecule has 0 saturated carbocycles. The number of anilines is 1. The molecule has 2 aromatic rings. The number of carbonyl (C=O) groups excluding carboxylic acids is 1. The predicted octanol–water partition coefficient (Wildman–Crippen LogP) is 3.75. The van der Waals surface area contributed by atoms with Gasteiger partial charge in [0, 0.05) is 4.47 Å². The number of hydrogen-bond donors (Lipinski definition) is 1. The van der Waals surface area contributed by atoms with Gasteiger partial charge in [-0.2, -0.15) is 0 Å². The van der Waals surface area contributed by atoms with Crippen molar-refractivity contribution >= 4 is 27.6 Å². The summed E-state index contributed by atoms with van der Waals surface area (Å²) in [5.74, 6) is -0.683. The molecule has 116 valence electrons. The van der Waals surface area contributed by atoms with Gasteiger partial charge in [-0.1, -0.05) is 46.3 Å². The van der Waals surface area contributed by atoms with Crippen molar-refractivity contribution in [2.24, 2.45) is 0 Å². The highest BCUT2D eigenvalue weighted by molar-refractivity contribution is 9.10. The quantitative estimate of drug-likeness (QED) is 0.789. The van der Waals surface area contributed by atoms with Gasteiger partial charge in [-0.15, -0.1) is 0 Å². The summed E-state index contributed by atoms with van der Waals surface area (Å²) in [6, 6.07) is 12.5.